The highest BCUT2D eigenvalue weighted by Gasteiger charge is 2.08. The standard InChI is InChI=1S/C18H18N2O3/c1-22-14-6-8-15(9-7-14)23-11-10-19-18(21)17-12-13-4-2-3-5-16(13)20-17/h2-9,12,20H,10-11H2,1H3,(H,19,21). The third kappa shape index (κ3) is 3.63. The van der Waals surface area contributed by atoms with Crippen LogP contribution in [0.4, 0.5) is 0 Å². The van der Waals surface area contributed by atoms with Crippen LogP contribution >= 0.6 is 0 Å². The Bertz CT molecular complexity index is 760. The van der Waals surface area contributed by atoms with Crippen LogP contribution in [-0.2, 0) is 0 Å². The van der Waals surface area contributed by atoms with Gasteiger partial charge < -0.3 is 19.8 Å². The van der Waals surface area contributed by atoms with Crippen molar-refractivity contribution in [2.24, 2.45) is 0 Å². The molecule has 2 N–H and O–H groups in total. The molecule has 0 atom stereocenters. The number of carbonyl (C=O) groups excluding carboxylic acids is 1. The average molecular weight is 310 g/mol. The number of amides is 1. The van der Waals surface area contributed by atoms with Crippen molar-refractivity contribution in [2.45, 2.75) is 0 Å². The first kappa shape index (κ1) is 15.0. The molecule has 118 valence electrons. The van der Waals surface area contributed by atoms with Crippen LogP contribution in [0.3, 0.4) is 0 Å². The van der Waals surface area contributed by atoms with Crippen molar-refractivity contribution in [3.05, 3.63) is 60.3 Å². The largest absolute Gasteiger partial charge is 0.497 e. The molecular weight excluding hydrogens is 292 g/mol. The molecule has 0 unspecified atom stereocenters. The lowest BCUT2D eigenvalue weighted by molar-refractivity contribution is 0.0943. The molecular formula is C18H18N2O3. The van der Waals surface area contributed by atoms with E-state index in [9.17, 15) is 4.79 Å². The summed E-state index contributed by atoms with van der Waals surface area (Å²) < 4.78 is 10.7. The predicted octanol–water partition coefficient (Wildman–Crippen LogP) is 2.99. The van der Waals surface area contributed by atoms with Crippen LogP contribution in [0.2, 0.25) is 0 Å². The molecule has 0 aliphatic carbocycles. The monoisotopic (exact) mass is 310 g/mol. The van der Waals surface area contributed by atoms with Gasteiger partial charge in [-0.05, 0) is 36.4 Å². The van der Waals surface area contributed by atoms with E-state index in [0.717, 1.165) is 22.4 Å². The average Bonchev–Trinajstić information content (AvgIpc) is 3.03. The van der Waals surface area contributed by atoms with E-state index in [1.807, 2.05) is 54.6 Å². The van der Waals surface area contributed by atoms with Gasteiger partial charge in [0.15, 0.2) is 0 Å². The van der Waals surface area contributed by atoms with Gasteiger partial charge in [-0.1, -0.05) is 18.2 Å². The Morgan fingerprint density at radius 2 is 1.83 bits per heavy atom. The molecule has 0 spiro atoms. The number of benzene rings is 2. The van der Waals surface area contributed by atoms with Gasteiger partial charge in [0.25, 0.3) is 5.91 Å². The predicted molar refractivity (Wildman–Crippen MR) is 89.1 cm³/mol. The van der Waals surface area contributed by atoms with E-state index in [1.54, 1.807) is 7.11 Å². The first-order chi connectivity index (χ1) is 11.3. The van der Waals surface area contributed by atoms with E-state index in [2.05, 4.69) is 10.3 Å². The number of aromatic nitrogens is 1. The van der Waals surface area contributed by atoms with Gasteiger partial charge in [-0.2, -0.15) is 0 Å². The minimum absolute atomic E-state index is 0.139. The Labute approximate surface area is 134 Å². The number of hydrogen-bond acceptors (Lipinski definition) is 3. The maximum absolute atomic E-state index is 12.1. The molecule has 0 bridgehead atoms. The second-order valence-corrected chi connectivity index (χ2v) is 5.05. The third-order valence-electron chi connectivity index (χ3n) is 3.49. The molecule has 23 heavy (non-hydrogen) atoms. The van der Waals surface area contributed by atoms with Crippen molar-refractivity contribution >= 4 is 16.8 Å². The normalized spacial score (nSPS) is 10.5. The Morgan fingerprint density at radius 3 is 2.57 bits per heavy atom. The lowest BCUT2D eigenvalue weighted by atomic mass is 10.2. The number of hydrogen-bond donors (Lipinski definition) is 2. The fraction of sp³-hybridized carbons (Fsp3) is 0.167. The van der Waals surface area contributed by atoms with Crippen molar-refractivity contribution in [3.8, 4) is 11.5 Å². The number of rotatable bonds is 6. The van der Waals surface area contributed by atoms with Crippen LogP contribution in [0.15, 0.2) is 54.6 Å². The molecule has 1 heterocycles. The van der Waals surface area contributed by atoms with Gasteiger partial charge in [-0.25, -0.2) is 0 Å². The Hall–Kier alpha value is -2.95. The minimum atomic E-state index is -0.139. The number of aromatic amines is 1. The molecule has 5 heteroatoms. The third-order valence-corrected chi connectivity index (χ3v) is 3.49. The van der Waals surface area contributed by atoms with E-state index < -0.39 is 0 Å². The van der Waals surface area contributed by atoms with E-state index >= 15 is 0 Å². The summed E-state index contributed by atoms with van der Waals surface area (Å²) >= 11 is 0. The van der Waals surface area contributed by atoms with Gasteiger partial charge in [0.2, 0.25) is 0 Å². The zero-order chi connectivity index (χ0) is 16.1. The van der Waals surface area contributed by atoms with Crippen molar-refractivity contribution in [1.29, 1.82) is 0 Å². The fourth-order valence-electron chi connectivity index (χ4n) is 2.30. The Kier molecular flexibility index (Phi) is 4.47. The van der Waals surface area contributed by atoms with Crippen molar-refractivity contribution < 1.29 is 14.3 Å². The molecule has 1 aromatic heterocycles. The summed E-state index contributed by atoms with van der Waals surface area (Å²) in [6.45, 7) is 0.832. The Balaban J connectivity index is 1.48. The molecule has 5 nitrogen and oxygen atoms in total. The van der Waals surface area contributed by atoms with E-state index in [0.29, 0.717) is 18.8 Å². The van der Waals surface area contributed by atoms with Gasteiger partial charge in [-0.3, -0.25) is 4.79 Å². The first-order valence-electron chi connectivity index (χ1n) is 7.39. The summed E-state index contributed by atoms with van der Waals surface area (Å²) in [7, 11) is 1.62. The molecule has 0 saturated heterocycles. The van der Waals surface area contributed by atoms with Crippen LogP contribution in [0.25, 0.3) is 10.9 Å². The number of fused-ring (bicyclic) bond motifs is 1. The summed E-state index contributed by atoms with van der Waals surface area (Å²) in [5.74, 6) is 1.38. The second-order valence-electron chi connectivity index (χ2n) is 5.05. The summed E-state index contributed by atoms with van der Waals surface area (Å²) in [5, 5.41) is 3.85. The maximum atomic E-state index is 12.1. The highest BCUT2D eigenvalue weighted by Crippen LogP contribution is 2.17. The van der Waals surface area contributed by atoms with E-state index in [-0.39, 0.29) is 5.91 Å². The Morgan fingerprint density at radius 1 is 1.09 bits per heavy atom. The van der Waals surface area contributed by atoms with Crippen LogP contribution in [-0.4, -0.2) is 31.2 Å². The van der Waals surface area contributed by atoms with Crippen LogP contribution in [0.5, 0.6) is 11.5 Å². The highest BCUT2D eigenvalue weighted by atomic mass is 16.5. The van der Waals surface area contributed by atoms with Crippen LogP contribution < -0.4 is 14.8 Å². The molecule has 2 aromatic carbocycles. The quantitative estimate of drug-likeness (QED) is 0.688. The van der Waals surface area contributed by atoms with Crippen LogP contribution in [0.1, 0.15) is 10.5 Å². The van der Waals surface area contributed by atoms with Gasteiger partial charge >= 0.3 is 0 Å². The van der Waals surface area contributed by atoms with E-state index in [1.165, 1.54) is 0 Å². The van der Waals surface area contributed by atoms with Gasteiger partial charge in [0.05, 0.1) is 13.7 Å². The summed E-state index contributed by atoms with van der Waals surface area (Å²) in [5.41, 5.74) is 1.50. The number of carbonyl (C=O) groups is 1. The molecule has 3 rings (SSSR count). The highest BCUT2D eigenvalue weighted by molar-refractivity contribution is 5.97. The first-order valence-corrected chi connectivity index (χ1v) is 7.39. The zero-order valence-electron chi connectivity index (χ0n) is 12.8. The number of methoxy groups -OCH3 is 1. The van der Waals surface area contributed by atoms with Crippen LogP contribution in [0, 0.1) is 0 Å². The maximum Gasteiger partial charge on any atom is 0.267 e. The number of para-hydroxylation sites is 1. The van der Waals surface area contributed by atoms with Gasteiger partial charge in [-0.15, -0.1) is 0 Å². The minimum Gasteiger partial charge on any atom is -0.497 e. The smallest absolute Gasteiger partial charge is 0.267 e. The van der Waals surface area contributed by atoms with Crippen molar-refractivity contribution in [3.63, 3.8) is 0 Å². The molecule has 3 aromatic rings. The second kappa shape index (κ2) is 6.87. The lowest BCUT2D eigenvalue weighted by Gasteiger charge is -2.07. The summed E-state index contributed by atoms with van der Waals surface area (Å²) in [4.78, 5) is 15.2. The zero-order valence-corrected chi connectivity index (χ0v) is 12.8. The van der Waals surface area contributed by atoms with Gasteiger partial charge in [0.1, 0.15) is 23.8 Å². The van der Waals surface area contributed by atoms with Crippen molar-refractivity contribution in [1.82, 2.24) is 10.3 Å². The number of nitrogens with one attached hydrogen (secondary N) is 2. The van der Waals surface area contributed by atoms with Gasteiger partial charge in [0, 0.05) is 10.9 Å². The molecule has 0 saturated carbocycles. The molecule has 1 amide bonds. The molecule has 0 radical (unpaired) electrons. The lowest BCUT2D eigenvalue weighted by Crippen LogP contribution is -2.28. The number of H-pyrrole nitrogens is 1. The summed E-state index contributed by atoms with van der Waals surface area (Å²) in [6.07, 6.45) is 0. The fourth-order valence-corrected chi connectivity index (χ4v) is 2.30. The SMILES string of the molecule is COc1ccc(OCCNC(=O)c2cc3ccccc3[nH]2)cc1. The molecule has 0 aliphatic rings. The molecule has 0 aliphatic heterocycles. The van der Waals surface area contributed by atoms with E-state index in [4.69, 9.17) is 9.47 Å². The molecule has 0 fully saturated rings. The number of ether oxygens (including phenoxy) is 2. The topological polar surface area (TPSA) is 63.4 Å². The summed E-state index contributed by atoms with van der Waals surface area (Å²) in [6, 6.07) is 17.0. The van der Waals surface area contributed by atoms with Crippen molar-refractivity contribution in [2.75, 3.05) is 20.3 Å².